The minimum Gasteiger partial charge on any atom is -0.504 e. The van der Waals surface area contributed by atoms with Crippen LogP contribution in [0.5, 0.6) is 5.75 Å². The molecule has 5 heteroatoms. The largest absolute Gasteiger partial charge is 0.504 e. The van der Waals surface area contributed by atoms with E-state index in [0.717, 1.165) is 6.07 Å². The second kappa shape index (κ2) is 3.62. The Morgan fingerprint density at radius 2 is 2.33 bits per heavy atom. The van der Waals surface area contributed by atoms with Gasteiger partial charge >= 0.3 is 0 Å². The lowest BCUT2D eigenvalue weighted by Gasteiger charge is -1.97. The molecule has 0 bridgehead atoms. The molecular weight excluding hydrogens is 229 g/mol. The quantitative estimate of drug-likeness (QED) is 0.479. The van der Waals surface area contributed by atoms with Gasteiger partial charge in [0.05, 0.1) is 5.33 Å². The maximum absolute atomic E-state index is 12.5. The highest BCUT2D eigenvalue weighted by molar-refractivity contribution is 9.09. The molecule has 1 rings (SSSR count). The van der Waals surface area contributed by atoms with Crippen LogP contribution in [0.2, 0.25) is 0 Å². The number of hydrogen-bond acceptors (Lipinski definition) is 3. The molecule has 0 aliphatic heterocycles. The minimum absolute atomic E-state index is 0.00201. The molecule has 1 N–H and O–H groups in total. The van der Waals surface area contributed by atoms with E-state index in [1.54, 1.807) is 0 Å². The van der Waals surface area contributed by atoms with Crippen LogP contribution in [0.1, 0.15) is 10.5 Å². The molecule has 0 aromatic carbocycles. The van der Waals surface area contributed by atoms with Crippen molar-refractivity contribution in [3.63, 3.8) is 0 Å². The molecule has 3 nitrogen and oxygen atoms in total. The van der Waals surface area contributed by atoms with Crippen molar-refractivity contribution < 1.29 is 14.3 Å². The first-order chi connectivity index (χ1) is 5.65. The van der Waals surface area contributed by atoms with E-state index in [0.29, 0.717) is 0 Å². The molecule has 0 atom stereocenters. The van der Waals surface area contributed by atoms with Gasteiger partial charge in [0, 0.05) is 0 Å². The van der Waals surface area contributed by atoms with E-state index in [4.69, 9.17) is 5.11 Å². The van der Waals surface area contributed by atoms with Crippen LogP contribution in [0.25, 0.3) is 0 Å². The number of alkyl halides is 1. The Morgan fingerprint density at radius 3 is 2.83 bits per heavy atom. The van der Waals surface area contributed by atoms with Crippen molar-refractivity contribution in [3.05, 3.63) is 23.8 Å². The molecule has 0 unspecified atom stereocenters. The van der Waals surface area contributed by atoms with Crippen LogP contribution in [-0.4, -0.2) is 21.2 Å². The fraction of sp³-hybridized carbons (Fsp3) is 0.143. The first kappa shape index (κ1) is 9.12. The number of aromatic hydroxyl groups is 1. The van der Waals surface area contributed by atoms with Crippen molar-refractivity contribution in [2.75, 3.05) is 5.33 Å². The van der Waals surface area contributed by atoms with Gasteiger partial charge in [-0.3, -0.25) is 4.79 Å². The summed E-state index contributed by atoms with van der Waals surface area (Å²) < 4.78 is 12.5. The lowest BCUT2D eigenvalue weighted by Crippen LogP contribution is -2.04. The average Bonchev–Trinajstić information content (AvgIpc) is 2.08. The molecule has 1 aromatic rings. The SMILES string of the molecule is O=C(CBr)c1ccc(O)c(F)n1. The van der Waals surface area contributed by atoms with Crippen molar-refractivity contribution in [3.8, 4) is 5.75 Å². The Kier molecular flexibility index (Phi) is 2.75. The number of Topliss-reactive ketones (excluding diaryl/α,β-unsaturated/α-hetero) is 1. The van der Waals surface area contributed by atoms with Crippen molar-refractivity contribution in [2.45, 2.75) is 0 Å². The zero-order valence-corrected chi connectivity index (χ0v) is 7.51. The van der Waals surface area contributed by atoms with Gasteiger partial charge in [-0.15, -0.1) is 0 Å². The summed E-state index contributed by atoms with van der Waals surface area (Å²) in [5.41, 5.74) is 0.00201. The number of pyridine rings is 1. The maximum Gasteiger partial charge on any atom is 0.255 e. The van der Waals surface area contributed by atoms with Crippen molar-refractivity contribution in [1.82, 2.24) is 4.98 Å². The molecule has 0 spiro atoms. The monoisotopic (exact) mass is 233 g/mol. The van der Waals surface area contributed by atoms with Crippen LogP contribution in [-0.2, 0) is 0 Å². The zero-order valence-electron chi connectivity index (χ0n) is 5.92. The number of ketones is 1. The van der Waals surface area contributed by atoms with Gasteiger partial charge in [-0.1, -0.05) is 15.9 Å². The van der Waals surface area contributed by atoms with E-state index in [1.807, 2.05) is 0 Å². The molecule has 1 heterocycles. The lowest BCUT2D eigenvalue weighted by atomic mass is 10.3. The Bertz CT molecular complexity index is 316. The van der Waals surface area contributed by atoms with Gasteiger partial charge in [0.2, 0.25) is 0 Å². The number of hydrogen-bond donors (Lipinski definition) is 1. The summed E-state index contributed by atoms with van der Waals surface area (Å²) in [5, 5.41) is 8.83. The topological polar surface area (TPSA) is 50.2 Å². The molecule has 0 amide bonds. The van der Waals surface area contributed by atoms with Gasteiger partial charge in [-0.2, -0.15) is 4.39 Å². The Labute approximate surface area is 76.4 Å². The van der Waals surface area contributed by atoms with E-state index < -0.39 is 11.7 Å². The summed E-state index contributed by atoms with van der Waals surface area (Å²) in [6.07, 6.45) is 0. The van der Waals surface area contributed by atoms with Gasteiger partial charge in [0.1, 0.15) is 5.69 Å². The Morgan fingerprint density at radius 1 is 1.67 bits per heavy atom. The smallest absolute Gasteiger partial charge is 0.255 e. The van der Waals surface area contributed by atoms with Crippen molar-refractivity contribution in [1.29, 1.82) is 0 Å². The average molecular weight is 234 g/mol. The number of halogens is 2. The predicted octanol–water partition coefficient (Wildman–Crippen LogP) is 1.50. The number of nitrogens with zero attached hydrogens (tertiary/aromatic N) is 1. The fourth-order valence-corrected chi connectivity index (χ4v) is 0.938. The number of rotatable bonds is 2. The molecule has 0 aliphatic carbocycles. The number of aromatic nitrogens is 1. The summed E-state index contributed by atoms with van der Waals surface area (Å²) in [6, 6.07) is 2.36. The van der Waals surface area contributed by atoms with E-state index in [1.165, 1.54) is 6.07 Å². The zero-order chi connectivity index (χ0) is 9.14. The molecule has 1 aromatic heterocycles. The van der Waals surface area contributed by atoms with Crippen LogP contribution in [0.3, 0.4) is 0 Å². The highest BCUT2D eigenvalue weighted by atomic mass is 79.9. The van der Waals surface area contributed by atoms with Gasteiger partial charge in [0.25, 0.3) is 5.95 Å². The Balaban J connectivity index is 3.05. The van der Waals surface area contributed by atoms with E-state index >= 15 is 0 Å². The van der Waals surface area contributed by atoms with Crippen LogP contribution in [0, 0.1) is 5.95 Å². The van der Waals surface area contributed by atoms with E-state index in [2.05, 4.69) is 20.9 Å². The lowest BCUT2D eigenvalue weighted by molar-refractivity contribution is 0.101. The third-order valence-corrected chi connectivity index (χ3v) is 1.75. The maximum atomic E-state index is 12.5. The summed E-state index contributed by atoms with van der Waals surface area (Å²) in [5.74, 6) is -1.91. The second-order valence-electron chi connectivity index (χ2n) is 2.06. The molecule has 64 valence electrons. The van der Waals surface area contributed by atoms with Gasteiger partial charge in [0.15, 0.2) is 11.5 Å². The first-order valence-electron chi connectivity index (χ1n) is 3.10. The molecule has 0 saturated heterocycles. The molecule has 0 aliphatic rings. The number of carbonyl (C=O) groups is 1. The molecule has 0 saturated carbocycles. The summed E-state index contributed by atoms with van der Waals surface area (Å²) >= 11 is 2.92. The second-order valence-corrected chi connectivity index (χ2v) is 2.62. The third-order valence-electron chi connectivity index (χ3n) is 1.24. The van der Waals surface area contributed by atoms with Crippen LogP contribution >= 0.6 is 15.9 Å². The third kappa shape index (κ3) is 1.79. The molecule has 12 heavy (non-hydrogen) atoms. The first-order valence-corrected chi connectivity index (χ1v) is 4.22. The van der Waals surface area contributed by atoms with E-state index in [-0.39, 0.29) is 16.8 Å². The summed E-state index contributed by atoms with van der Waals surface area (Å²) in [6.45, 7) is 0. The van der Waals surface area contributed by atoms with Crippen LogP contribution in [0.15, 0.2) is 12.1 Å². The highest BCUT2D eigenvalue weighted by Gasteiger charge is 2.08. The standard InChI is InChI=1S/C7H5BrFNO2/c8-3-6(12)4-1-2-5(11)7(9)10-4/h1-2,11H,3H2. The normalized spacial score (nSPS) is 9.83. The predicted molar refractivity (Wildman–Crippen MR) is 44.0 cm³/mol. The van der Waals surface area contributed by atoms with Crippen molar-refractivity contribution in [2.24, 2.45) is 0 Å². The van der Waals surface area contributed by atoms with Crippen molar-refractivity contribution >= 4 is 21.7 Å². The molecular formula is C7H5BrFNO2. The van der Waals surface area contributed by atoms with Gasteiger partial charge in [-0.05, 0) is 12.1 Å². The van der Waals surface area contributed by atoms with Gasteiger partial charge in [-0.25, -0.2) is 4.98 Å². The number of carbonyl (C=O) groups excluding carboxylic acids is 1. The summed E-state index contributed by atoms with van der Waals surface area (Å²) in [4.78, 5) is 14.2. The van der Waals surface area contributed by atoms with Crippen LogP contribution < -0.4 is 0 Å². The molecule has 0 fully saturated rings. The Hall–Kier alpha value is -0.970. The minimum atomic E-state index is -1.03. The fourth-order valence-electron chi connectivity index (χ4n) is 0.651. The highest BCUT2D eigenvalue weighted by Crippen LogP contribution is 2.12. The molecule has 0 radical (unpaired) electrons. The van der Waals surface area contributed by atoms with Crippen LogP contribution in [0.4, 0.5) is 4.39 Å². The summed E-state index contributed by atoms with van der Waals surface area (Å²) in [7, 11) is 0. The van der Waals surface area contributed by atoms with Gasteiger partial charge < -0.3 is 5.11 Å². The van der Waals surface area contributed by atoms with E-state index in [9.17, 15) is 9.18 Å².